The number of anilines is 1. The average Bonchev–Trinajstić information content (AvgIpc) is 2.78. The normalized spacial score (nSPS) is 21.9. The summed E-state index contributed by atoms with van der Waals surface area (Å²) in [4.78, 5) is 22.5. The van der Waals surface area contributed by atoms with Crippen molar-refractivity contribution in [1.29, 1.82) is 0 Å². The SMILES string of the molecule is COc1ccccc1N1CCN(C(=O)NC2C=C3CCCCC3=CN2OC)CC1. The first-order valence-electron chi connectivity index (χ1n) is 10.4. The topological polar surface area (TPSA) is 57.3 Å². The molecule has 2 aliphatic heterocycles. The molecule has 1 aromatic carbocycles. The molecule has 2 fully saturated rings. The van der Waals surface area contributed by atoms with Crippen molar-refractivity contribution in [2.24, 2.45) is 0 Å². The van der Waals surface area contributed by atoms with Gasteiger partial charge in [-0.15, -0.1) is 0 Å². The average molecular weight is 399 g/mol. The highest BCUT2D eigenvalue weighted by Gasteiger charge is 2.28. The molecule has 3 aliphatic rings. The Labute approximate surface area is 172 Å². The van der Waals surface area contributed by atoms with Crippen LogP contribution < -0.4 is 15.0 Å². The van der Waals surface area contributed by atoms with Gasteiger partial charge in [-0.3, -0.25) is 4.84 Å². The van der Waals surface area contributed by atoms with Crippen LogP contribution in [0.2, 0.25) is 0 Å². The number of rotatable bonds is 4. The minimum absolute atomic E-state index is 0.0544. The number of urea groups is 1. The number of hydrogen-bond donors (Lipinski definition) is 1. The van der Waals surface area contributed by atoms with Crippen molar-refractivity contribution in [2.75, 3.05) is 45.3 Å². The molecule has 2 amide bonds. The van der Waals surface area contributed by atoms with Crippen LogP contribution in [0.25, 0.3) is 0 Å². The molecule has 1 unspecified atom stereocenters. The standard InChI is InChI=1S/C22H30N4O3/c1-28-20-10-6-5-9-19(20)24-11-13-25(14-12-24)22(27)23-21-15-17-7-3-4-8-18(17)16-26(21)29-2/h5-6,9-10,15-16,21H,3-4,7-8,11-14H2,1-2H3,(H,23,27). The van der Waals surface area contributed by atoms with Crippen LogP contribution in [0.5, 0.6) is 5.75 Å². The molecule has 1 saturated heterocycles. The van der Waals surface area contributed by atoms with E-state index < -0.39 is 0 Å². The van der Waals surface area contributed by atoms with Crippen molar-refractivity contribution < 1.29 is 14.4 Å². The Morgan fingerprint density at radius 2 is 1.76 bits per heavy atom. The molecule has 1 atom stereocenters. The van der Waals surface area contributed by atoms with Gasteiger partial charge in [-0.25, -0.2) is 9.86 Å². The van der Waals surface area contributed by atoms with Gasteiger partial charge in [-0.1, -0.05) is 12.1 Å². The number of methoxy groups -OCH3 is 1. The second kappa shape index (κ2) is 8.78. The smallest absolute Gasteiger partial charge is 0.319 e. The lowest BCUT2D eigenvalue weighted by Crippen LogP contribution is -2.56. The van der Waals surface area contributed by atoms with E-state index in [1.165, 1.54) is 24.0 Å². The minimum Gasteiger partial charge on any atom is -0.495 e. The highest BCUT2D eigenvalue weighted by atomic mass is 16.7. The summed E-state index contributed by atoms with van der Waals surface area (Å²) in [5.74, 6) is 0.866. The second-order valence-corrected chi connectivity index (χ2v) is 7.64. The molecular weight excluding hydrogens is 368 g/mol. The Bertz CT molecular complexity index is 799. The number of para-hydroxylation sites is 2. The second-order valence-electron chi connectivity index (χ2n) is 7.64. The van der Waals surface area contributed by atoms with E-state index in [-0.39, 0.29) is 12.2 Å². The zero-order valence-electron chi connectivity index (χ0n) is 17.3. The lowest BCUT2D eigenvalue weighted by atomic mass is 9.88. The van der Waals surface area contributed by atoms with Crippen LogP contribution >= 0.6 is 0 Å². The number of piperazine rings is 1. The number of carbonyl (C=O) groups is 1. The Kier molecular flexibility index (Phi) is 5.94. The molecule has 0 radical (unpaired) electrons. The number of carbonyl (C=O) groups excluding carboxylic acids is 1. The maximum absolute atomic E-state index is 12.9. The Hall–Kier alpha value is -2.67. The predicted molar refractivity (Wildman–Crippen MR) is 113 cm³/mol. The monoisotopic (exact) mass is 398 g/mol. The van der Waals surface area contributed by atoms with E-state index in [0.717, 1.165) is 37.4 Å². The van der Waals surface area contributed by atoms with E-state index in [9.17, 15) is 4.79 Å². The van der Waals surface area contributed by atoms with Gasteiger partial charge in [-0.05, 0) is 55.0 Å². The van der Waals surface area contributed by atoms with Crippen LogP contribution in [0.1, 0.15) is 25.7 Å². The third kappa shape index (κ3) is 4.19. The fraction of sp³-hybridized carbons (Fsp3) is 0.500. The van der Waals surface area contributed by atoms with Crippen LogP contribution in [0, 0.1) is 0 Å². The number of benzene rings is 1. The van der Waals surface area contributed by atoms with Crippen LogP contribution in [-0.2, 0) is 4.84 Å². The number of allylic oxidation sites excluding steroid dienone is 2. The Balaban J connectivity index is 1.36. The van der Waals surface area contributed by atoms with Gasteiger partial charge in [0, 0.05) is 32.4 Å². The molecule has 1 aliphatic carbocycles. The van der Waals surface area contributed by atoms with E-state index in [1.807, 2.05) is 29.3 Å². The van der Waals surface area contributed by atoms with Gasteiger partial charge in [0.1, 0.15) is 11.9 Å². The first-order valence-corrected chi connectivity index (χ1v) is 10.4. The maximum atomic E-state index is 12.9. The molecule has 4 rings (SSSR count). The molecule has 156 valence electrons. The fourth-order valence-corrected chi connectivity index (χ4v) is 4.32. The summed E-state index contributed by atoms with van der Waals surface area (Å²) in [6.07, 6.45) is 8.50. The van der Waals surface area contributed by atoms with Gasteiger partial charge >= 0.3 is 6.03 Å². The largest absolute Gasteiger partial charge is 0.495 e. The highest BCUT2D eigenvalue weighted by Crippen LogP contribution is 2.33. The molecule has 1 saturated carbocycles. The van der Waals surface area contributed by atoms with Gasteiger partial charge in [0.2, 0.25) is 0 Å². The summed E-state index contributed by atoms with van der Waals surface area (Å²) in [6, 6.07) is 7.96. The van der Waals surface area contributed by atoms with Gasteiger partial charge in [0.05, 0.1) is 19.9 Å². The highest BCUT2D eigenvalue weighted by molar-refractivity contribution is 5.75. The molecule has 29 heavy (non-hydrogen) atoms. The van der Waals surface area contributed by atoms with Gasteiger partial charge in [0.15, 0.2) is 0 Å². The lowest BCUT2D eigenvalue weighted by Gasteiger charge is -2.39. The number of amides is 2. The number of nitrogens with one attached hydrogen (secondary N) is 1. The number of ether oxygens (including phenoxy) is 1. The minimum atomic E-state index is -0.267. The number of hydroxylamine groups is 2. The van der Waals surface area contributed by atoms with Crippen LogP contribution in [-0.4, -0.2) is 62.6 Å². The molecule has 2 heterocycles. The van der Waals surface area contributed by atoms with Crippen molar-refractivity contribution in [2.45, 2.75) is 31.8 Å². The van der Waals surface area contributed by atoms with Gasteiger partial charge in [0.25, 0.3) is 0 Å². The number of nitrogens with zero attached hydrogens (tertiary/aromatic N) is 3. The van der Waals surface area contributed by atoms with E-state index in [4.69, 9.17) is 9.57 Å². The van der Waals surface area contributed by atoms with Crippen LogP contribution in [0.15, 0.2) is 47.7 Å². The third-order valence-electron chi connectivity index (χ3n) is 5.95. The van der Waals surface area contributed by atoms with Crippen molar-refractivity contribution in [3.8, 4) is 5.75 Å². The fourth-order valence-electron chi connectivity index (χ4n) is 4.32. The van der Waals surface area contributed by atoms with Crippen molar-refractivity contribution in [3.05, 3.63) is 47.7 Å². The molecule has 7 heteroatoms. The van der Waals surface area contributed by atoms with Crippen LogP contribution in [0.3, 0.4) is 0 Å². The molecule has 0 aromatic heterocycles. The Morgan fingerprint density at radius 1 is 1.03 bits per heavy atom. The zero-order chi connectivity index (χ0) is 20.2. The van der Waals surface area contributed by atoms with Gasteiger partial charge < -0.3 is 19.9 Å². The van der Waals surface area contributed by atoms with Crippen LogP contribution in [0.4, 0.5) is 10.5 Å². The van der Waals surface area contributed by atoms with Crippen molar-refractivity contribution in [3.63, 3.8) is 0 Å². The summed E-state index contributed by atoms with van der Waals surface area (Å²) < 4.78 is 5.47. The lowest BCUT2D eigenvalue weighted by molar-refractivity contribution is -0.115. The van der Waals surface area contributed by atoms with Gasteiger partial charge in [-0.2, -0.15) is 0 Å². The van der Waals surface area contributed by atoms with E-state index >= 15 is 0 Å². The summed E-state index contributed by atoms with van der Waals surface area (Å²) in [6.45, 7) is 2.89. The van der Waals surface area contributed by atoms with E-state index in [0.29, 0.717) is 13.1 Å². The number of hydrogen-bond acceptors (Lipinski definition) is 5. The zero-order valence-corrected chi connectivity index (χ0v) is 17.3. The first kappa shape index (κ1) is 19.6. The van der Waals surface area contributed by atoms with E-state index in [2.05, 4.69) is 22.4 Å². The quantitative estimate of drug-likeness (QED) is 0.845. The molecule has 1 N–H and O–H groups in total. The molecule has 0 spiro atoms. The number of fused-ring (bicyclic) bond motifs is 1. The molecular formula is C22H30N4O3. The third-order valence-corrected chi connectivity index (χ3v) is 5.95. The van der Waals surface area contributed by atoms with E-state index in [1.54, 1.807) is 19.3 Å². The summed E-state index contributed by atoms with van der Waals surface area (Å²) in [7, 11) is 3.33. The molecule has 7 nitrogen and oxygen atoms in total. The van der Waals surface area contributed by atoms with Crippen molar-refractivity contribution >= 4 is 11.7 Å². The summed E-state index contributed by atoms with van der Waals surface area (Å²) in [5.41, 5.74) is 3.75. The summed E-state index contributed by atoms with van der Waals surface area (Å²) >= 11 is 0. The van der Waals surface area contributed by atoms with Crippen molar-refractivity contribution in [1.82, 2.24) is 15.3 Å². The summed E-state index contributed by atoms with van der Waals surface area (Å²) in [5, 5.41) is 4.87. The Morgan fingerprint density at radius 3 is 2.48 bits per heavy atom. The molecule has 1 aromatic rings. The first-order chi connectivity index (χ1) is 14.2. The maximum Gasteiger partial charge on any atom is 0.319 e. The molecule has 0 bridgehead atoms. The predicted octanol–water partition coefficient (Wildman–Crippen LogP) is 3.11.